The number of sulfonamides is 1. The summed E-state index contributed by atoms with van der Waals surface area (Å²) < 4.78 is 25.2. The highest BCUT2D eigenvalue weighted by atomic mass is 32.2. The Morgan fingerprint density at radius 3 is 2.44 bits per heavy atom. The van der Waals surface area contributed by atoms with E-state index in [-0.39, 0.29) is 16.7 Å². The van der Waals surface area contributed by atoms with Crippen molar-refractivity contribution in [1.82, 2.24) is 9.21 Å². The number of rotatable bonds is 4. The van der Waals surface area contributed by atoms with Gasteiger partial charge in [0.25, 0.3) is 10.0 Å². The van der Waals surface area contributed by atoms with Crippen molar-refractivity contribution in [3.05, 3.63) is 17.0 Å². The Bertz CT molecular complexity index is 584. The van der Waals surface area contributed by atoms with Gasteiger partial charge < -0.3 is 4.90 Å². The molecule has 0 aliphatic heterocycles. The molecule has 1 aromatic rings. The van der Waals surface area contributed by atoms with Crippen molar-refractivity contribution in [3.63, 3.8) is 0 Å². The molecule has 8 heteroatoms. The Morgan fingerprint density at radius 1 is 1.39 bits per heavy atom. The summed E-state index contributed by atoms with van der Waals surface area (Å²) in [7, 11) is 0.747. The van der Waals surface area contributed by atoms with E-state index in [4.69, 9.17) is 5.26 Å². The summed E-state index contributed by atoms with van der Waals surface area (Å²) in [6.45, 7) is -0.227. The van der Waals surface area contributed by atoms with E-state index in [2.05, 4.69) is 0 Å². The SMILES string of the molecule is CN(C)C(=O)CN(C)S(=O)(=O)c1ccc(C#N)s1. The number of nitrogens with zero attached hydrogens (tertiary/aromatic N) is 3. The molecule has 18 heavy (non-hydrogen) atoms. The lowest BCUT2D eigenvalue weighted by molar-refractivity contribution is -0.128. The number of carbonyl (C=O) groups excluding carboxylic acids is 1. The van der Waals surface area contributed by atoms with E-state index >= 15 is 0 Å². The first kappa shape index (κ1) is 14.6. The number of hydrogen-bond acceptors (Lipinski definition) is 5. The van der Waals surface area contributed by atoms with Crippen LogP contribution in [0.1, 0.15) is 4.88 Å². The molecule has 98 valence electrons. The van der Waals surface area contributed by atoms with Gasteiger partial charge in [-0.3, -0.25) is 4.79 Å². The molecule has 0 atom stereocenters. The van der Waals surface area contributed by atoms with Crippen molar-refractivity contribution in [2.75, 3.05) is 27.7 Å². The van der Waals surface area contributed by atoms with Crippen LogP contribution in [0.4, 0.5) is 0 Å². The molecule has 1 amide bonds. The lowest BCUT2D eigenvalue weighted by Gasteiger charge is -2.18. The van der Waals surface area contributed by atoms with Crippen molar-refractivity contribution in [2.45, 2.75) is 4.21 Å². The summed E-state index contributed by atoms with van der Waals surface area (Å²) in [5.74, 6) is -0.307. The Labute approximate surface area is 110 Å². The van der Waals surface area contributed by atoms with Crippen molar-refractivity contribution in [3.8, 4) is 6.07 Å². The number of thiophene rings is 1. The molecule has 0 saturated heterocycles. The minimum absolute atomic E-state index is 0.0631. The molecule has 0 saturated carbocycles. The Hall–Kier alpha value is -1.43. The molecular weight excluding hydrogens is 274 g/mol. The lowest BCUT2D eigenvalue weighted by atomic mass is 10.5. The number of amides is 1. The fourth-order valence-electron chi connectivity index (χ4n) is 1.09. The van der Waals surface area contributed by atoms with E-state index in [9.17, 15) is 13.2 Å². The first-order valence-corrected chi connectivity index (χ1v) is 7.21. The topological polar surface area (TPSA) is 81.5 Å². The summed E-state index contributed by atoms with van der Waals surface area (Å²) in [6, 6.07) is 4.69. The maximum Gasteiger partial charge on any atom is 0.252 e. The van der Waals surface area contributed by atoms with E-state index in [0.717, 1.165) is 15.6 Å². The zero-order valence-electron chi connectivity index (χ0n) is 10.2. The van der Waals surface area contributed by atoms with Crippen LogP contribution in [-0.4, -0.2) is 51.2 Å². The molecule has 1 rings (SSSR count). The van der Waals surface area contributed by atoms with Crippen LogP contribution in [0, 0.1) is 11.3 Å². The van der Waals surface area contributed by atoms with Crippen LogP contribution < -0.4 is 0 Å². The van der Waals surface area contributed by atoms with Crippen molar-refractivity contribution < 1.29 is 13.2 Å². The molecule has 1 aromatic heterocycles. The molecule has 0 radical (unpaired) electrons. The monoisotopic (exact) mass is 287 g/mol. The third-order valence-electron chi connectivity index (χ3n) is 2.21. The number of carbonyl (C=O) groups is 1. The molecule has 0 fully saturated rings. The molecular formula is C10H13N3O3S2. The van der Waals surface area contributed by atoms with Crippen molar-refractivity contribution in [1.29, 1.82) is 5.26 Å². The van der Waals surface area contributed by atoms with Gasteiger partial charge in [-0.2, -0.15) is 9.57 Å². The van der Waals surface area contributed by atoms with Gasteiger partial charge in [0, 0.05) is 21.1 Å². The van der Waals surface area contributed by atoms with E-state index in [1.54, 1.807) is 14.1 Å². The van der Waals surface area contributed by atoms with E-state index in [1.807, 2.05) is 6.07 Å². The fourth-order valence-corrected chi connectivity index (χ4v) is 3.52. The van der Waals surface area contributed by atoms with Crippen LogP contribution in [0.15, 0.2) is 16.3 Å². The van der Waals surface area contributed by atoms with E-state index < -0.39 is 10.0 Å². The molecule has 0 aromatic carbocycles. The quantitative estimate of drug-likeness (QED) is 0.799. The van der Waals surface area contributed by atoms with E-state index in [1.165, 1.54) is 24.1 Å². The first-order valence-electron chi connectivity index (χ1n) is 4.95. The zero-order valence-corrected chi connectivity index (χ0v) is 11.9. The minimum Gasteiger partial charge on any atom is -0.348 e. The third kappa shape index (κ3) is 3.07. The standard InChI is InChI=1S/C10H13N3O3S2/c1-12(2)9(14)7-13(3)18(15,16)10-5-4-8(6-11)17-10/h4-5H,7H2,1-3H3. The van der Waals surface area contributed by atoms with Crippen LogP contribution in [0.3, 0.4) is 0 Å². The van der Waals surface area contributed by atoms with Gasteiger partial charge in [0.1, 0.15) is 15.2 Å². The average Bonchev–Trinajstić information content (AvgIpc) is 2.77. The minimum atomic E-state index is -3.70. The maximum absolute atomic E-state index is 12.1. The molecule has 0 aliphatic rings. The second-order valence-electron chi connectivity index (χ2n) is 3.78. The highest BCUT2D eigenvalue weighted by molar-refractivity contribution is 7.91. The number of likely N-dealkylation sites (N-methyl/N-ethyl adjacent to an activating group) is 2. The van der Waals surface area contributed by atoms with Gasteiger partial charge in [0.2, 0.25) is 5.91 Å². The van der Waals surface area contributed by atoms with E-state index in [0.29, 0.717) is 4.88 Å². The summed E-state index contributed by atoms with van der Waals surface area (Å²) >= 11 is 0.888. The first-order chi connectivity index (χ1) is 8.28. The van der Waals surface area contributed by atoms with Crippen LogP contribution >= 0.6 is 11.3 Å². The average molecular weight is 287 g/mol. The third-order valence-corrected chi connectivity index (χ3v) is 5.47. The number of nitriles is 1. The highest BCUT2D eigenvalue weighted by Gasteiger charge is 2.25. The van der Waals surface area contributed by atoms with Crippen molar-refractivity contribution >= 4 is 27.3 Å². The Balaban J connectivity index is 2.93. The maximum atomic E-state index is 12.1. The zero-order chi connectivity index (χ0) is 13.9. The normalized spacial score (nSPS) is 11.3. The van der Waals surface area contributed by atoms with Gasteiger partial charge in [-0.25, -0.2) is 8.42 Å². The van der Waals surface area contributed by atoms with Gasteiger partial charge in [0.05, 0.1) is 6.54 Å². The van der Waals surface area contributed by atoms with Crippen LogP contribution in [0.5, 0.6) is 0 Å². The summed E-state index contributed by atoms with van der Waals surface area (Å²) in [5, 5.41) is 8.66. The molecule has 0 N–H and O–H groups in total. The Kier molecular flexibility index (Phi) is 4.45. The van der Waals surface area contributed by atoms with Gasteiger partial charge in [0.15, 0.2) is 0 Å². The van der Waals surface area contributed by atoms with Crippen molar-refractivity contribution in [2.24, 2.45) is 0 Å². The largest absolute Gasteiger partial charge is 0.348 e. The molecule has 0 bridgehead atoms. The molecule has 0 unspecified atom stereocenters. The smallest absolute Gasteiger partial charge is 0.252 e. The van der Waals surface area contributed by atoms with Gasteiger partial charge in [-0.15, -0.1) is 11.3 Å². The number of hydrogen-bond donors (Lipinski definition) is 0. The second kappa shape index (κ2) is 5.48. The summed E-state index contributed by atoms with van der Waals surface area (Å²) in [5.41, 5.74) is 0. The highest BCUT2D eigenvalue weighted by Crippen LogP contribution is 2.23. The van der Waals surface area contributed by atoms with Crippen LogP contribution in [0.2, 0.25) is 0 Å². The molecule has 0 spiro atoms. The van der Waals surface area contributed by atoms with Crippen LogP contribution in [0.25, 0.3) is 0 Å². The lowest BCUT2D eigenvalue weighted by Crippen LogP contribution is -2.37. The Morgan fingerprint density at radius 2 is 2.00 bits per heavy atom. The molecule has 0 aliphatic carbocycles. The van der Waals surface area contributed by atoms with Gasteiger partial charge >= 0.3 is 0 Å². The summed E-state index contributed by atoms with van der Waals surface area (Å²) in [4.78, 5) is 13.1. The second-order valence-corrected chi connectivity index (χ2v) is 7.14. The predicted octanol–water partition coefficient (Wildman–Crippen LogP) is 0.328. The molecule has 1 heterocycles. The summed E-state index contributed by atoms with van der Waals surface area (Å²) in [6.07, 6.45) is 0. The fraction of sp³-hybridized carbons (Fsp3) is 0.400. The molecule has 6 nitrogen and oxygen atoms in total. The van der Waals surface area contributed by atoms with Crippen LogP contribution in [-0.2, 0) is 14.8 Å². The predicted molar refractivity (Wildman–Crippen MR) is 67.5 cm³/mol. The van der Waals surface area contributed by atoms with Gasteiger partial charge in [-0.1, -0.05) is 0 Å². The van der Waals surface area contributed by atoms with Gasteiger partial charge in [-0.05, 0) is 12.1 Å².